The Labute approximate surface area is 119 Å². The molecule has 0 atom stereocenters. The van der Waals surface area contributed by atoms with E-state index >= 15 is 0 Å². The molecule has 0 bridgehead atoms. The summed E-state index contributed by atoms with van der Waals surface area (Å²) in [6.45, 7) is 1.84. The highest BCUT2D eigenvalue weighted by Crippen LogP contribution is 2.35. The van der Waals surface area contributed by atoms with Crippen molar-refractivity contribution in [3.05, 3.63) is 42.5 Å². The predicted molar refractivity (Wildman–Crippen MR) is 85.5 cm³/mol. The van der Waals surface area contributed by atoms with Gasteiger partial charge in [0.2, 0.25) is 0 Å². The minimum Gasteiger partial charge on any atom is -0.372 e. The SMILES string of the molecule is c1ccc2c(c1)sc1ccc([S+]3CCOCC3)cc12. The highest BCUT2D eigenvalue weighted by Gasteiger charge is 2.25. The molecule has 3 heteroatoms. The van der Waals surface area contributed by atoms with Crippen molar-refractivity contribution in [3.8, 4) is 0 Å². The first-order valence-corrected chi connectivity index (χ1v) is 8.96. The predicted octanol–water partition coefficient (Wildman–Crippen LogP) is 4.06. The Morgan fingerprint density at radius 3 is 2.58 bits per heavy atom. The Morgan fingerprint density at radius 1 is 0.895 bits per heavy atom. The van der Waals surface area contributed by atoms with Crippen molar-refractivity contribution < 1.29 is 4.74 Å². The summed E-state index contributed by atoms with van der Waals surface area (Å²) in [6.07, 6.45) is 0. The lowest BCUT2D eigenvalue weighted by Gasteiger charge is -2.13. The molecule has 0 N–H and O–H groups in total. The summed E-state index contributed by atoms with van der Waals surface area (Å²) in [6, 6.07) is 15.8. The number of rotatable bonds is 1. The van der Waals surface area contributed by atoms with E-state index < -0.39 is 0 Å². The second-order valence-electron chi connectivity index (χ2n) is 4.77. The minimum atomic E-state index is 0.389. The number of fused-ring (bicyclic) bond motifs is 3. The topological polar surface area (TPSA) is 9.23 Å². The third-order valence-electron chi connectivity index (χ3n) is 3.63. The molecule has 0 aliphatic carbocycles. The van der Waals surface area contributed by atoms with Crippen LogP contribution in [0.25, 0.3) is 20.2 Å². The first-order chi connectivity index (χ1) is 9.42. The second kappa shape index (κ2) is 4.82. The van der Waals surface area contributed by atoms with Gasteiger partial charge >= 0.3 is 0 Å². The van der Waals surface area contributed by atoms with Crippen molar-refractivity contribution in [1.29, 1.82) is 0 Å². The van der Waals surface area contributed by atoms with Crippen LogP contribution in [0.15, 0.2) is 47.4 Å². The lowest BCUT2D eigenvalue weighted by molar-refractivity contribution is 0.159. The second-order valence-corrected chi connectivity index (χ2v) is 8.13. The smallest absolute Gasteiger partial charge is 0.155 e. The van der Waals surface area contributed by atoms with Gasteiger partial charge in [-0.3, -0.25) is 0 Å². The molecule has 1 saturated heterocycles. The lowest BCUT2D eigenvalue weighted by Crippen LogP contribution is -2.26. The summed E-state index contributed by atoms with van der Waals surface area (Å²) in [4.78, 5) is 1.51. The van der Waals surface area contributed by atoms with Crippen molar-refractivity contribution in [1.82, 2.24) is 0 Å². The van der Waals surface area contributed by atoms with Crippen LogP contribution in [0.5, 0.6) is 0 Å². The summed E-state index contributed by atoms with van der Waals surface area (Å²) in [5.74, 6) is 2.38. The lowest BCUT2D eigenvalue weighted by atomic mass is 10.1. The summed E-state index contributed by atoms with van der Waals surface area (Å²) >= 11 is 1.90. The molecule has 1 fully saturated rings. The molecule has 4 rings (SSSR count). The quantitative estimate of drug-likeness (QED) is 0.613. The Balaban J connectivity index is 1.87. The van der Waals surface area contributed by atoms with Gasteiger partial charge in [0.15, 0.2) is 4.90 Å². The number of benzene rings is 2. The van der Waals surface area contributed by atoms with E-state index in [9.17, 15) is 0 Å². The third kappa shape index (κ3) is 2.06. The molecular weight excluding hydrogens is 272 g/mol. The monoisotopic (exact) mass is 287 g/mol. The average Bonchev–Trinajstić information content (AvgIpc) is 2.86. The first-order valence-electron chi connectivity index (χ1n) is 6.58. The van der Waals surface area contributed by atoms with Crippen molar-refractivity contribution in [3.63, 3.8) is 0 Å². The molecule has 1 aliphatic rings. The van der Waals surface area contributed by atoms with E-state index in [2.05, 4.69) is 42.5 Å². The van der Waals surface area contributed by atoms with Gasteiger partial charge in [-0.05, 0) is 18.2 Å². The zero-order chi connectivity index (χ0) is 12.7. The summed E-state index contributed by atoms with van der Waals surface area (Å²) in [5.41, 5.74) is 0. The van der Waals surface area contributed by atoms with Crippen LogP contribution in [0.4, 0.5) is 0 Å². The summed E-state index contributed by atoms with van der Waals surface area (Å²) in [5, 5.41) is 2.83. The van der Waals surface area contributed by atoms with Crippen molar-refractivity contribution in [2.24, 2.45) is 0 Å². The minimum absolute atomic E-state index is 0.389. The fourth-order valence-electron chi connectivity index (χ4n) is 2.64. The van der Waals surface area contributed by atoms with Gasteiger partial charge in [0.05, 0.1) is 13.2 Å². The van der Waals surface area contributed by atoms with Gasteiger partial charge in [-0.15, -0.1) is 11.3 Å². The van der Waals surface area contributed by atoms with Crippen LogP contribution in [0, 0.1) is 0 Å². The van der Waals surface area contributed by atoms with E-state index in [0.717, 1.165) is 13.2 Å². The van der Waals surface area contributed by atoms with Crippen LogP contribution in [0.1, 0.15) is 0 Å². The van der Waals surface area contributed by atoms with E-state index in [0.29, 0.717) is 10.9 Å². The van der Waals surface area contributed by atoms with Crippen LogP contribution < -0.4 is 0 Å². The number of hydrogen-bond donors (Lipinski definition) is 0. The van der Waals surface area contributed by atoms with Crippen LogP contribution >= 0.6 is 11.3 Å². The Hall–Kier alpha value is -1.03. The summed E-state index contributed by atoms with van der Waals surface area (Å²) < 4.78 is 8.27. The molecule has 2 heterocycles. The zero-order valence-corrected chi connectivity index (χ0v) is 12.2. The fraction of sp³-hybridized carbons (Fsp3) is 0.250. The molecule has 96 valence electrons. The van der Waals surface area contributed by atoms with Crippen LogP contribution in [-0.2, 0) is 15.6 Å². The molecule has 3 aromatic rings. The van der Waals surface area contributed by atoms with E-state index in [4.69, 9.17) is 4.74 Å². The molecule has 2 aromatic carbocycles. The van der Waals surface area contributed by atoms with Gasteiger partial charge in [-0.2, -0.15) is 0 Å². The van der Waals surface area contributed by atoms with Crippen LogP contribution in [-0.4, -0.2) is 24.7 Å². The molecule has 1 aliphatic heterocycles. The zero-order valence-electron chi connectivity index (χ0n) is 10.6. The van der Waals surface area contributed by atoms with Gasteiger partial charge in [0.1, 0.15) is 11.5 Å². The first kappa shape index (κ1) is 11.8. The maximum atomic E-state index is 5.47. The Kier molecular flexibility index (Phi) is 2.98. The largest absolute Gasteiger partial charge is 0.372 e. The van der Waals surface area contributed by atoms with Gasteiger partial charge in [0.25, 0.3) is 0 Å². The van der Waals surface area contributed by atoms with Gasteiger partial charge in [-0.1, -0.05) is 18.2 Å². The number of thiophene rings is 1. The standard InChI is InChI=1S/C16H15OS2/c1-2-4-15-13(3-1)14-11-12(5-6-16(14)18-15)19-9-7-17-8-10-19/h1-6,11H,7-10H2/q+1. The molecule has 0 unspecified atom stereocenters. The van der Waals surface area contributed by atoms with Gasteiger partial charge < -0.3 is 4.74 Å². The molecule has 1 aromatic heterocycles. The molecule has 0 spiro atoms. The normalized spacial score (nSPS) is 17.3. The molecule has 19 heavy (non-hydrogen) atoms. The number of ether oxygens (including phenoxy) is 1. The molecule has 0 radical (unpaired) electrons. The third-order valence-corrected chi connectivity index (χ3v) is 7.02. The van der Waals surface area contributed by atoms with Crippen molar-refractivity contribution in [2.75, 3.05) is 24.7 Å². The van der Waals surface area contributed by atoms with E-state index in [1.807, 2.05) is 11.3 Å². The molecule has 0 amide bonds. The fourth-order valence-corrected chi connectivity index (χ4v) is 5.59. The van der Waals surface area contributed by atoms with E-state index in [1.54, 1.807) is 0 Å². The van der Waals surface area contributed by atoms with Gasteiger partial charge in [0, 0.05) is 37.1 Å². The van der Waals surface area contributed by atoms with Crippen LogP contribution in [0.2, 0.25) is 0 Å². The molecule has 0 saturated carbocycles. The molecule has 1 nitrogen and oxygen atoms in total. The van der Waals surface area contributed by atoms with E-state index in [-0.39, 0.29) is 0 Å². The van der Waals surface area contributed by atoms with Crippen molar-refractivity contribution >= 4 is 42.4 Å². The van der Waals surface area contributed by atoms with Gasteiger partial charge in [-0.25, -0.2) is 0 Å². The maximum Gasteiger partial charge on any atom is 0.155 e. The highest BCUT2D eigenvalue weighted by molar-refractivity contribution is 7.97. The maximum absolute atomic E-state index is 5.47. The van der Waals surface area contributed by atoms with Crippen LogP contribution in [0.3, 0.4) is 0 Å². The Morgan fingerprint density at radius 2 is 1.68 bits per heavy atom. The van der Waals surface area contributed by atoms with Crippen molar-refractivity contribution in [2.45, 2.75) is 4.90 Å². The highest BCUT2D eigenvalue weighted by atomic mass is 32.2. The Bertz CT molecular complexity index is 726. The number of hydrogen-bond acceptors (Lipinski definition) is 2. The average molecular weight is 287 g/mol. The molecular formula is C16H15OS2+. The summed E-state index contributed by atoms with van der Waals surface area (Å²) in [7, 11) is 0.389. The van der Waals surface area contributed by atoms with E-state index in [1.165, 1.54) is 36.6 Å².